The van der Waals surface area contributed by atoms with Gasteiger partial charge < -0.3 is 10.1 Å². The summed E-state index contributed by atoms with van der Waals surface area (Å²) in [7, 11) is 0. The predicted molar refractivity (Wildman–Crippen MR) is 117 cm³/mol. The first-order valence-electron chi connectivity index (χ1n) is 8.09. The summed E-state index contributed by atoms with van der Waals surface area (Å²) < 4.78 is 8.37. The Morgan fingerprint density at radius 1 is 1.19 bits per heavy atom. The number of nitrogens with zero attached hydrogens (tertiary/aromatic N) is 1. The molecular weight excluding hydrogens is 540 g/mol. The SMILES string of the molecule is CC(C)NC(=O)/C(C#N)=C\c1cc(Br)c(OCc2ccc(Br)cc2)c(Br)c1. The van der Waals surface area contributed by atoms with Crippen LogP contribution in [0.2, 0.25) is 0 Å². The first-order chi connectivity index (χ1) is 12.8. The van der Waals surface area contributed by atoms with Gasteiger partial charge >= 0.3 is 0 Å². The smallest absolute Gasteiger partial charge is 0.262 e. The average molecular weight is 557 g/mol. The van der Waals surface area contributed by atoms with E-state index in [1.807, 2.05) is 56.3 Å². The van der Waals surface area contributed by atoms with Crippen LogP contribution in [0, 0.1) is 11.3 Å². The molecule has 140 valence electrons. The van der Waals surface area contributed by atoms with Crippen LogP contribution in [-0.4, -0.2) is 11.9 Å². The quantitative estimate of drug-likeness (QED) is 0.351. The molecule has 0 saturated heterocycles. The van der Waals surface area contributed by atoms with E-state index < -0.39 is 5.91 Å². The molecule has 4 nitrogen and oxygen atoms in total. The van der Waals surface area contributed by atoms with Gasteiger partial charge in [-0.2, -0.15) is 5.26 Å². The van der Waals surface area contributed by atoms with Crippen LogP contribution in [0.1, 0.15) is 25.0 Å². The molecule has 7 heteroatoms. The molecule has 1 amide bonds. The zero-order valence-electron chi connectivity index (χ0n) is 14.7. The van der Waals surface area contributed by atoms with E-state index in [0.717, 1.165) is 19.0 Å². The van der Waals surface area contributed by atoms with E-state index in [2.05, 4.69) is 53.1 Å². The molecule has 1 N–H and O–H groups in total. The second kappa shape index (κ2) is 10.1. The van der Waals surface area contributed by atoms with Crippen molar-refractivity contribution in [1.82, 2.24) is 5.32 Å². The summed E-state index contributed by atoms with van der Waals surface area (Å²) in [5.41, 5.74) is 1.80. The number of hydrogen-bond donors (Lipinski definition) is 1. The highest BCUT2D eigenvalue weighted by Crippen LogP contribution is 2.36. The normalized spacial score (nSPS) is 11.2. The molecule has 0 saturated carbocycles. The minimum absolute atomic E-state index is 0.0397. The molecule has 2 rings (SSSR count). The third kappa shape index (κ3) is 6.49. The number of carbonyl (C=O) groups excluding carboxylic acids is 1. The molecule has 2 aromatic rings. The average Bonchev–Trinajstić information content (AvgIpc) is 2.59. The highest BCUT2D eigenvalue weighted by molar-refractivity contribution is 9.11. The highest BCUT2D eigenvalue weighted by Gasteiger charge is 2.13. The van der Waals surface area contributed by atoms with Crippen LogP contribution in [0.4, 0.5) is 0 Å². The molecule has 27 heavy (non-hydrogen) atoms. The van der Waals surface area contributed by atoms with Crippen molar-refractivity contribution < 1.29 is 9.53 Å². The third-order valence-electron chi connectivity index (χ3n) is 3.41. The van der Waals surface area contributed by atoms with Gasteiger partial charge in [0.05, 0.1) is 8.95 Å². The minimum Gasteiger partial charge on any atom is -0.487 e. The van der Waals surface area contributed by atoms with E-state index in [0.29, 0.717) is 17.9 Å². The Balaban J connectivity index is 2.20. The van der Waals surface area contributed by atoms with E-state index in [-0.39, 0.29) is 11.6 Å². The van der Waals surface area contributed by atoms with Gasteiger partial charge in [-0.25, -0.2) is 0 Å². The fourth-order valence-electron chi connectivity index (χ4n) is 2.19. The van der Waals surface area contributed by atoms with Gasteiger partial charge in [0.25, 0.3) is 5.91 Å². The number of nitrogens with one attached hydrogen (secondary N) is 1. The van der Waals surface area contributed by atoms with Crippen molar-refractivity contribution in [3.8, 4) is 11.8 Å². The number of halogens is 3. The van der Waals surface area contributed by atoms with Gasteiger partial charge in [0, 0.05) is 10.5 Å². The minimum atomic E-state index is -0.393. The summed E-state index contributed by atoms with van der Waals surface area (Å²) in [4.78, 5) is 12.1. The Bertz CT molecular complexity index is 877. The molecule has 0 spiro atoms. The van der Waals surface area contributed by atoms with Crippen molar-refractivity contribution in [3.05, 3.63) is 66.5 Å². The number of nitriles is 1. The Hall–Kier alpha value is -1.62. The third-order valence-corrected chi connectivity index (χ3v) is 5.12. The lowest BCUT2D eigenvalue weighted by Gasteiger charge is -2.12. The Morgan fingerprint density at radius 2 is 1.78 bits per heavy atom. The number of ether oxygens (including phenoxy) is 1. The van der Waals surface area contributed by atoms with Gasteiger partial charge in [-0.05, 0) is 87.2 Å². The lowest BCUT2D eigenvalue weighted by atomic mass is 10.1. The number of amides is 1. The Kier molecular flexibility index (Phi) is 8.08. The second-order valence-electron chi connectivity index (χ2n) is 6.03. The molecule has 0 heterocycles. The van der Waals surface area contributed by atoms with Gasteiger partial charge in [0.1, 0.15) is 24.0 Å². The zero-order chi connectivity index (χ0) is 20.0. The fraction of sp³-hybridized carbons (Fsp3) is 0.200. The van der Waals surface area contributed by atoms with Crippen molar-refractivity contribution in [2.45, 2.75) is 26.5 Å². The number of rotatable bonds is 6. The molecule has 0 aliphatic heterocycles. The molecule has 2 aromatic carbocycles. The summed E-state index contributed by atoms with van der Waals surface area (Å²) in [6.07, 6.45) is 1.55. The Morgan fingerprint density at radius 3 is 2.30 bits per heavy atom. The lowest BCUT2D eigenvalue weighted by Crippen LogP contribution is -2.30. The van der Waals surface area contributed by atoms with Crippen molar-refractivity contribution in [1.29, 1.82) is 5.26 Å². The van der Waals surface area contributed by atoms with Crippen LogP contribution in [0.15, 0.2) is 55.4 Å². The summed E-state index contributed by atoms with van der Waals surface area (Å²) in [6.45, 7) is 4.11. The van der Waals surface area contributed by atoms with Crippen molar-refractivity contribution >= 4 is 59.8 Å². The van der Waals surface area contributed by atoms with Crippen LogP contribution in [0.3, 0.4) is 0 Å². The second-order valence-corrected chi connectivity index (χ2v) is 8.65. The number of benzene rings is 2. The number of carbonyl (C=O) groups is 1. The Labute approximate surface area is 184 Å². The zero-order valence-corrected chi connectivity index (χ0v) is 19.5. The van der Waals surface area contributed by atoms with Crippen LogP contribution in [0.5, 0.6) is 5.75 Å². The van der Waals surface area contributed by atoms with Gasteiger partial charge in [0.2, 0.25) is 0 Å². The van der Waals surface area contributed by atoms with Crippen molar-refractivity contribution in [2.75, 3.05) is 0 Å². The summed E-state index contributed by atoms with van der Waals surface area (Å²) in [6, 6.07) is 13.4. The number of hydrogen-bond acceptors (Lipinski definition) is 3. The standard InChI is InChI=1S/C20H17Br3N2O2/c1-12(2)25-20(26)15(10-24)7-14-8-17(22)19(18(23)9-14)27-11-13-3-5-16(21)6-4-13/h3-9,12H,11H2,1-2H3,(H,25,26)/b15-7-. The largest absolute Gasteiger partial charge is 0.487 e. The highest BCUT2D eigenvalue weighted by atomic mass is 79.9. The molecular formula is C20H17Br3N2O2. The fourth-order valence-corrected chi connectivity index (χ4v) is 3.91. The van der Waals surface area contributed by atoms with E-state index >= 15 is 0 Å². The van der Waals surface area contributed by atoms with Gasteiger partial charge in [0.15, 0.2) is 0 Å². The molecule has 0 aliphatic carbocycles. The van der Waals surface area contributed by atoms with Gasteiger partial charge in [-0.15, -0.1) is 0 Å². The van der Waals surface area contributed by atoms with Crippen molar-refractivity contribution in [2.24, 2.45) is 0 Å². The van der Waals surface area contributed by atoms with E-state index in [1.54, 1.807) is 6.08 Å². The maximum Gasteiger partial charge on any atom is 0.262 e. The van der Waals surface area contributed by atoms with E-state index in [1.165, 1.54) is 0 Å². The molecule has 0 bridgehead atoms. The molecule has 0 fully saturated rings. The maximum absolute atomic E-state index is 12.1. The first kappa shape index (κ1) is 21.7. The molecule has 0 aliphatic rings. The first-order valence-corrected chi connectivity index (χ1v) is 10.5. The maximum atomic E-state index is 12.1. The summed E-state index contributed by atoms with van der Waals surface area (Å²) in [5, 5.41) is 12.0. The van der Waals surface area contributed by atoms with Gasteiger partial charge in [-0.3, -0.25) is 4.79 Å². The van der Waals surface area contributed by atoms with E-state index in [4.69, 9.17) is 4.74 Å². The molecule has 0 aromatic heterocycles. The monoisotopic (exact) mass is 554 g/mol. The molecule has 0 unspecified atom stereocenters. The topological polar surface area (TPSA) is 62.1 Å². The van der Waals surface area contributed by atoms with Crippen molar-refractivity contribution in [3.63, 3.8) is 0 Å². The van der Waals surface area contributed by atoms with Crippen LogP contribution in [-0.2, 0) is 11.4 Å². The lowest BCUT2D eigenvalue weighted by molar-refractivity contribution is -0.117. The summed E-state index contributed by atoms with van der Waals surface area (Å²) in [5.74, 6) is 0.260. The van der Waals surface area contributed by atoms with E-state index in [9.17, 15) is 10.1 Å². The summed E-state index contributed by atoms with van der Waals surface area (Å²) >= 11 is 10.4. The molecule has 0 radical (unpaired) electrons. The van der Waals surface area contributed by atoms with Crippen LogP contribution in [0.25, 0.3) is 6.08 Å². The predicted octanol–water partition coefficient (Wildman–Crippen LogP) is 5.98. The van der Waals surface area contributed by atoms with Crippen LogP contribution < -0.4 is 10.1 Å². The molecule has 0 atom stereocenters. The van der Waals surface area contributed by atoms with Crippen LogP contribution >= 0.6 is 47.8 Å². The van der Waals surface area contributed by atoms with Gasteiger partial charge in [-0.1, -0.05) is 28.1 Å².